The summed E-state index contributed by atoms with van der Waals surface area (Å²) in [5, 5.41) is 14.1. The summed E-state index contributed by atoms with van der Waals surface area (Å²) in [6.07, 6.45) is 4.00. The standard InChI is InChI=1S/C18H29NO2/c1-17(2)8-10-18(20,11-9-17)14-19-12-15-6-4-5-7-16(15)13-21-3/h4-7,19-20H,8-14H2,1-3H3. The van der Waals surface area contributed by atoms with E-state index in [-0.39, 0.29) is 0 Å². The summed E-state index contributed by atoms with van der Waals surface area (Å²) >= 11 is 0. The lowest BCUT2D eigenvalue weighted by atomic mass is 9.71. The van der Waals surface area contributed by atoms with Crippen molar-refractivity contribution in [1.29, 1.82) is 0 Å². The van der Waals surface area contributed by atoms with Gasteiger partial charge in [-0.05, 0) is 42.2 Å². The lowest BCUT2D eigenvalue weighted by Crippen LogP contribution is -2.44. The van der Waals surface area contributed by atoms with Gasteiger partial charge < -0.3 is 15.2 Å². The lowest BCUT2D eigenvalue weighted by molar-refractivity contribution is -0.0245. The fourth-order valence-corrected chi connectivity index (χ4v) is 3.03. The molecule has 0 heterocycles. The van der Waals surface area contributed by atoms with Crippen molar-refractivity contribution in [2.45, 2.75) is 58.3 Å². The fourth-order valence-electron chi connectivity index (χ4n) is 3.03. The first-order chi connectivity index (χ1) is 9.94. The minimum atomic E-state index is -0.536. The molecule has 1 aromatic carbocycles. The summed E-state index contributed by atoms with van der Waals surface area (Å²) < 4.78 is 5.23. The van der Waals surface area contributed by atoms with Gasteiger partial charge in [-0.25, -0.2) is 0 Å². The molecule has 1 fully saturated rings. The molecule has 2 rings (SSSR count). The summed E-state index contributed by atoms with van der Waals surface area (Å²) in [7, 11) is 1.72. The third-order valence-corrected chi connectivity index (χ3v) is 4.72. The van der Waals surface area contributed by atoms with Gasteiger partial charge in [0.25, 0.3) is 0 Å². The maximum Gasteiger partial charge on any atom is 0.0772 e. The van der Waals surface area contributed by atoms with Gasteiger partial charge in [-0.2, -0.15) is 0 Å². The van der Waals surface area contributed by atoms with Gasteiger partial charge in [0, 0.05) is 20.2 Å². The molecule has 0 aromatic heterocycles. The minimum absolute atomic E-state index is 0.386. The van der Waals surface area contributed by atoms with Gasteiger partial charge in [-0.1, -0.05) is 38.1 Å². The quantitative estimate of drug-likeness (QED) is 0.845. The Morgan fingerprint density at radius 1 is 1.10 bits per heavy atom. The first-order valence-electron chi connectivity index (χ1n) is 7.93. The van der Waals surface area contributed by atoms with Gasteiger partial charge in [-0.15, -0.1) is 0 Å². The van der Waals surface area contributed by atoms with Gasteiger partial charge in [0.05, 0.1) is 12.2 Å². The van der Waals surface area contributed by atoms with Crippen molar-refractivity contribution in [2.75, 3.05) is 13.7 Å². The maximum atomic E-state index is 10.7. The van der Waals surface area contributed by atoms with E-state index in [0.717, 1.165) is 32.2 Å². The normalized spacial score (nSPS) is 20.4. The molecule has 0 radical (unpaired) electrons. The molecule has 0 bridgehead atoms. The van der Waals surface area contributed by atoms with Crippen molar-refractivity contribution >= 4 is 0 Å². The van der Waals surface area contributed by atoms with Crippen molar-refractivity contribution < 1.29 is 9.84 Å². The van der Waals surface area contributed by atoms with Gasteiger partial charge in [0.1, 0.15) is 0 Å². The number of aliphatic hydroxyl groups is 1. The van der Waals surface area contributed by atoms with Gasteiger partial charge in [0.2, 0.25) is 0 Å². The molecule has 0 spiro atoms. The molecule has 0 unspecified atom stereocenters. The van der Waals surface area contributed by atoms with Gasteiger partial charge in [0.15, 0.2) is 0 Å². The van der Waals surface area contributed by atoms with Crippen LogP contribution in [0, 0.1) is 5.41 Å². The monoisotopic (exact) mass is 291 g/mol. The van der Waals surface area contributed by atoms with Crippen LogP contribution in [0.1, 0.15) is 50.7 Å². The average Bonchev–Trinajstić information content (AvgIpc) is 2.45. The second-order valence-electron chi connectivity index (χ2n) is 7.19. The number of rotatable bonds is 6. The zero-order valence-corrected chi connectivity index (χ0v) is 13.6. The first-order valence-corrected chi connectivity index (χ1v) is 7.93. The highest BCUT2D eigenvalue weighted by atomic mass is 16.5. The Bertz CT molecular complexity index is 446. The van der Waals surface area contributed by atoms with E-state index in [1.165, 1.54) is 11.1 Å². The topological polar surface area (TPSA) is 41.5 Å². The second kappa shape index (κ2) is 6.91. The Hall–Kier alpha value is -0.900. The van der Waals surface area contributed by atoms with Crippen molar-refractivity contribution in [2.24, 2.45) is 5.41 Å². The van der Waals surface area contributed by atoms with Crippen LogP contribution in [0.2, 0.25) is 0 Å². The Morgan fingerprint density at radius 3 is 2.33 bits per heavy atom. The van der Waals surface area contributed by atoms with E-state index >= 15 is 0 Å². The van der Waals surface area contributed by atoms with E-state index in [9.17, 15) is 5.11 Å². The lowest BCUT2D eigenvalue weighted by Gasteiger charge is -2.40. The van der Waals surface area contributed by atoms with Crippen molar-refractivity contribution in [1.82, 2.24) is 5.32 Å². The van der Waals surface area contributed by atoms with Gasteiger partial charge >= 0.3 is 0 Å². The zero-order chi connectivity index (χ0) is 15.3. The molecule has 0 amide bonds. The minimum Gasteiger partial charge on any atom is -0.389 e. The SMILES string of the molecule is COCc1ccccc1CNCC1(O)CCC(C)(C)CC1. The van der Waals surface area contributed by atoms with Crippen LogP contribution in [0.4, 0.5) is 0 Å². The Balaban J connectivity index is 1.84. The van der Waals surface area contributed by atoms with Crippen molar-refractivity contribution in [3.05, 3.63) is 35.4 Å². The largest absolute Gasteiger partial charge is 0.389 e. The smallest absolute Gasteiger partial charge is 0.0772 e. The van der Waals surface area contributed by atoms with Gasteiger partial charge in [-0.3, -0.25) is 0 Å². The molecule has 118 valence electrons. The van der Waals surface area contributed by atoms with Crippen molar-refractivity contribution in [3.8, 4) is 0 Å². The fraction of sp³-hybridized carbons (Fsp3) is 0.667. The highest BCUT2D eigenvalue weighted by Crippen LogP contribution is 2.39. The zero-order valence-electron chi connectivity index (χ0n) is 13.6. The van der Waals surface area contributed by atoms with Crippen molar-refractivity contribution in [3.63, 3.8) is 0 Å². The molecule has 0 aliphatic heterocycles. The Kier molecular flexibility index (Phi) is 5.42. The van der Waals surface area contributed by atoms with Crippen LogP contribution in [0.15, 0.2) is 24.3 Å². The highest BCUT2D eigenvalue weighted by molar-refractivity contribution is 5.26. The third-order valence-electron chi connectivity index (χ3n) is 4.72. The number of methoxy groups -OCH3 is 1. The molecule has 1 aliphatic rings. The predicted molar refractivity (Wildman–Crippen MR) is 86.1 cm³/mol. The number of nitrogens with one attached hydrogen (secondary N) is 1. The summed E-state index contributed by atoms with van der Waals surface area (Å²) in [5.41, 5.74) is 2.31. The number of benzene rings is 1. The molecule has 0 saturated heterocycles. The molecule has 0 atom stereocenters. The molecule has 3 heteroatoms. The molecule has 21 heavy (non-hydrogen) atoms. The molecule has 3 nitrogen and oxygen atoms in total. The number of ether oxygens (including phenoxy) is 1. The average molecular weight is 291 g/mol. The summed E-state index contributed by atoms with van der Waals surface area (Å²) in [4.78, 5) is 0. The number of hydrogen-bond acceptors (Lipinski definition) is 3. The molecule has 1 saturated carbocycles. The van der Waals surface area contributed by atoms with Crippen LogP contribution in [0.25, 0.3) is 0 Å². The summed E-state index contributed by atoms with van der Waals surface area (Å²) in [5.74, 6) is 0. The molecule has 1 aliphatic carbocycles. The molecule has 2 N–H and O–H groups in total. The molecule has 1 aromatic rings. The maximum absolute atomic E-state index is 10.7. The summed E-state index contributed by atoms with van der Waals surface area (Å²) in [6.45, 7) is 6.67. The van der Waals surface area contributed by atoms with E-state index in [1.54, 1.807) is 7.11 Å². The van der Waals surface area contributed by atoms with Crippen LogP contribution in [0.3, 0.4) is 0 Å². The van der Waals surface area contributed by atoms with Crippen LogP contribution < -0.4 is 5.32 Å². The van der Waals surface area contributed by atoms with Crippen LogP contribution in [-0.4, -0.2) is 24.4 Å². The Morgan fingerprint density at radius 2 is 1.71 bits per heavy atom. The molecular weight excluding hydrogens is 262 g/mol. The van der Waals surface area contributed by atoms with E-state index in [2.05, 4.69) is 31.3 Å². The number of hydrogen-bond donors (Lipinski definition) is 2. The highest BCUT2D eigenvalue weighted by Gasteiger charge is 2.36. The van der Waals surface area contributed by atoms with E-state index < -0.39 is 5.60 Å². The summed E-state index contributed by atoms with van der Waals surface area (Å²) in [6, 6.07) is 8.30. The van der Waals surface area contributed by atoms with E-state index in [4.69, 9.17) is 4.74 Å². The third kappa shape index (κ3) is 4.80. The van der Waals surface area contributed by atoms with Crippen LogP contribution in [0.5, 0.6) is 0 Å². The van der Waals surface area contributed by atoms with E-state index in [1.807, 2.05) is 12.1 Å². The second-order valence-corrected chi connectivity index (χ2v) is 7.19. The first kappa shape index (κ1) is 16.5. The van der Waals surface area contributed by atoms with Crippen LogP contribution in [-0.2, 0) is 17.9 Å². The Labute approximate surface area is 128 Å². The van der Waals surface area contributed by atoms with E-state index in [0.29, 0.717) is 18.6 Å². The predicted octanol–water partition coefficient (Wildman–Crippen LogP) is 3.25. The van der Waals surface area contributed by atoms with Crippen LogP contribution >= 0.6 is 0 Å². The molecular formula is C18H29NO2.